The van der Waals surface area contributed by atoms with Crippen molar-refractivity contribution in [3.8, 4) is 0 Å². The van der Waals surface area contributed by atoms with Gasteiger partial charge in [0.1, 0.15) is 0 Å². The van der Waals surface area contributed by atoms with Crippen LogP contribution < -0.4 is 0 Å². The average molecular weight is 405 g/mol. The third-order valence-corrected chi connectivity index (χ3v) is 8.18. The summed E-state index contributed by atoms with van der Waals surface area (Å²) in [5.41, 5.74) is -1.49. The minimum atomic E-state index is -1.08. The zero-order valence-corrected chi connectivity index (χ0v) is 18.4. The maximum Gasteiger partial charge on any atom is 0.0980 e. The monoisotopic (exact) mass is 404 g/mol. The second-order valence-corrected chi connectivity index (χ2v) is 9.45. The van der Waals surface area contributed by atoms with Crippen molar-refractivity contribution in [3.63, 3.8) is 0 Å². The molecule has 1 aromatic rings. The molecule has 0 aromatic heterocycles. The van der Waals surface area contributed by atoms with Crippen LogP contribution in [-0.4, -0.2) is 21.4 Å². The first-order valence-corrected chi connectivity index (χ1v) is 11.7. The topological polar surface area (TPSA) is 40.5 Å². The molecule has 3 aliphatic carbocycles. The zero-order chi connectivity index (χ0) is 21.2. The van der Waals surface area contributed by atoms with E-state index < -0.39 is 16.6 Å². The molecule has 1 fully saturated rings. The molecule has 1 saturated carbocycles. The van der Waals surface area contributed by atoms with E-state index in [1.165, 1.54) is 5.56 Å². The Morgan fingerprint density at radius 2 is 1.40 bits per heavy atom. The van der Waals surface area contributed by atoms with Crippen molar-refractivity contribution in [1.29, 1.82) is 0 Å². The van der Waals surface area contributed by atoms with E-state index in [9.17, 15) is 10.2 Å². The molecule has 5 atom stereocenters. The molecule has 4 rings (SSSR count). The fourth-order valence-corrected chi connectivity index (χ4v) is 6.60. The van der Waals surface area contributed by atoms with Crippen molar-refractivity contribution in [3.05, 3.63) is 84.5 Å². The van der Waals surface area contributed by atoms with E-state index in [-0.39, 0.29) is 11.8 Å². The number of allylic oxidation sites excluding steroid dienone is 4. The van der Waals surface area contributed by atoms with Crippen molar-refractivity contribution >= 4 is 0 Å². The summed E-state index contributed by atoms with van der Waals surface area (Å²) in [5.74, 6) is 0.331. The molecule has 0 amide bonds. The van der Waals surface area contributed by atoms with Gasteiger partial charge in [-0.05, 0) is 43.6 Å². The Morgan fingerprint density at radius 1 is 0.833 bits per heavy atom. The molecule has 0 heterocycles. The number of hydrogen-bond acceptors (Lipinski definition) is 2. The van der Waals surface area contributed by atoms with Gasteiger partial charge < -0.3 is 10.2 Å². The number of rotatable bonds is 5. The van der Waals surface area contributed by atoms with Crippen LogP contribution in [0.15, 0.2) is 78.9 Å². The van der Waals surface area contributed by atoms with E-state index >= 15 is 0 Å². The highest BCUT2D eigenvalue weighted by atomic mass is 16.3. The molecular formula is C28H36O2. The Kier molecular flexibility index (Phi) is 5.92. The van der Waals surface area contributed by atoms with Crippen LogP contribution in [0.1, 0.15) is 63.9 Å². The van der Waals surface area contributed by atoms with Crippen LogP contribution in [0, 0.1) is 17.3 Å². The molecule has 2 nitrogen and oxygen atoms in total. The molecule has 3 aliphatic rings. The molecule has 0 radical (unpaired) electrons. The standard InChI is InChI=1S/C28H36O2/c1-3-24-16-8-10-19-27(24,29)26(28(30)20-11-9-17-25(28)4-2)18-12-15-23(21-26)22-13-6-5-7-14-22/h5-11,13-14,16-17,19-20,23-25,29-30H,3-4,12,15,18,21H2,1-2H3. The Bertz CT molecular complexity index is 807. The van der Waals surface area contributed by atoms with Gasteiger partial charge in [-0.2, -0.15) is 0 Å². The second-order valence-electron chi connectivity index (χ2n) is 9.45. The lowest BCUT2D eigenvalue weighted by molar-refractivity contribution is -0.204. The van der Waals surface area contributed by atoms with Gasteiger partial charge in [0.05, 0.1) is 11.2 Å². The van der Waals surface area contributed by atoms with Crippen LogP contribution in [0.3, 0.4) is 0 Å². The van der Waals surface area contributed by atoms with E-state index in [0.717, 1.165) is 38.5 Å². The van der Waals surface area contributed by atoms with E-state index in [0.29, 0.717) is 5.92 Å². The number of benzene rings is 1. The van der Waals surface area contributed by atoms with E-state index in [1.807, 2.05) is 36.5 Å². The fourth-order valence-electron chi connectivity index (χ4n) is 6.60. The van der Waals surface area contributed by atoms with Gasteiger partial charge in [-0.15, -0.1) is 0 Å². The van der Waals surface area contributed by atoms with Crippen molar-refractivity contribution in [2.24, 2.45) is 17.3 Å². The lowest BCUT2D eigenvalue weighted by Gasteiger charge is -2.61. The van der Waals surface area contributed by atoms with Crippen LogP contribution in [0.4, 0.5) is 0 Å². The highest BCUT2D eigenvalue weighted by Crippen LogP contribution is 2.62. The predicted molar refractivity (Wildman–Crippen MR) is 124 cm³/mol. The summed E-state index contributed by atoms with van der Waals surface area (Å²) in [4.78, 5) is 0. The third-order valence-electron chi connectivity index (χ3n) is 8.18. The van der Waals surface area contributed by atoms with Gasteiger partial charge in [0.25, 0.3) is 0 Å². The Balaban J connectivity index is 1.88. The van der Waals surface area contributed by atoms with Gasteiger partial charge in [-0.1, -0.05) is 99.2 Å². The normalized spacial score (nSPS) is 40.6. The van der Waals surface area contributed by atoms with Gasteiger partial charge in [-0.25, -0.2) is 0 Å². The van der Waals surface area contributed by atoms with Gasteiger partial charge in [-0.3, -0.25) is 0 Å². The Morgan fingerprint density at radius 3 is 1.93 bits per heavy atom. The fraction of sp³-hybridized carbons (Fsp3) is 0.500. The highest BCUT2D eigenvalue weighted by Gasteiger charge is 2.65. The van der Waals surface area contributed by atoms with Gasteiger partial charge in [0.15, 0.2) is 0 Å². The first-order chi connectivity index (χ1) is 14.5. The van der Waals surface area contributed by atoms with Crippen molar-refractivity contribution in [2.45, 2.75) is 69.5 Å². The molecule has 0 aliphatic heterocycles. The van der Waals surface area contributed by atoms with E-state index in [4.69, 9.17) is 0 Å². The molecule has 0 bridgehead atoms. The third kappa shape index (κ3) is 3.16. The quantitative estimate of drug-likeness (QED) is 0.623. The van der Waals surface area contributed by atoms with Crippen LogP contribution in [0.25, 0.3) is 0 Å². The summed E-state index contributed by atoms with van der Waals surface area (Å²) < 4.78 is 0. The number of hydrogen-bond donors (Lipinski definition) is 2. The molecule has 30 heavy (non-hydrogen) atoms. The van der Waals surface area contributed by atoms with Crippen LogP contribution in [-0.2, 0) is 0 Å². The highest BCUT2D eigenvalue weighted by molar-refractivity contribution is 5.37. The predicted octanol–water partition coefficient (Wildman–Crippen LogP) is 6.10. The van der Waals surface area contributed by atoms with Crippen LogP contribution in [0.2, 0.25) is 0 Å². The Labute approximate surface area is 181 Å². The molecule has 0 saturated heterocycles. The lowest BCUT2D eigenvalue weighted by atomic mass is 9.46. The summed E-state index contributed by atoms with van der Waals surface area (Å²) in [5, 5.41) is 24.9. The Hall–Kier alpha value is -1.90. The van der Waals surface area contributed by atoms with Crippen molar-refractivity contribution in [1.82, 2.24) is 0 Å². The van der Waals surface area contributed by atoms with Crippen molar-refractivity contribution < 1.29 is 10.2 Å². The number of aliphatic hydroxyl groups is 2. The summed E-state index contributed by atoms with van der Waals surface area (Å²) in [6.07, 6.45) is 21.7. The van der Waals surface area contributed by atoms with E-state index in [2.05, 4.69) is 56.3 Å². The molecule has 2 heteroatoms. The zero-order valence-electron chi connectivity index (χ0n) is 18.4. The summed E-state index contributed by atoms with van der Waals surface area (Å²) in [7, 11) is 0. The van der Waals surface area contributed by atoms with Gasteiger partial charge in [0.2, 0.25) is 0 Å². The summed E-state index contributed by atoms with van der Waals surface area (Å²) in [6, 6.07) is 10.7. The first-order valence-electron chi connectivity index (χ1n) is 11.7. The molecule has 2 N–H and O–H groups in total. The molecule has 5 unspecified atom stereocenters. The van der Waals surface area contributed by atoms with Crippen LogP contribution >= 0.6 is 0 Å². The molecule has 0 spiro atoms. The molecule has 160 valence electrons. The first kappa shape index (κ1) is 21.3. The molecule has 1 aromatic carbocycles. The summed E-state index contributed by atoms with van der Waals surface area (Å²) >= 11 is 0. The lowest BCUT2D eigenvalue weighted by Crippen LogP contribution is -2.67. The molecular weight excluding hydrogens is 368 g/mol. The van der Waals surface area contributed by atoms with E-state index in [1.54, 1.807) is 0 Å². The largest absolute Gasteiger partial charge is 0.384 e. The maximum atomic E-state index is 12.4. The minimum absolute atomic E-state index is 0.00198. The minimum Gasteiger partial charge on any atom is -0.384 e. The second kappa shape index (κ2) is 8.32. The van der Waals surface area contributed by atoms with Crippen LogP contribution in [0.5, 0.6) is 0 Å². The average Bonchev–Trinajstić information content (AvgIpc) is 2.80. The smallest absolute Gasteiger partial charge is 0.0980 e. The SMILES string of the molecule is CCC1C=CC=CC1(O)C1(C2(O)C=CC=CC2CC)CCCC(c2ccccc2)C1. The van der Waals surface area contributed by atoms with Gasteiger partial charge in [0, 0.05) is 17.3 Å². The van der Waals surface area contributed by atoms with Gasteiger partial charge >= 0.3 is 0 Å². The maximum absolute atomic E-state index is 12.4. The summed E-state index contributed by atoms with van der Waals surface area (Å²) in [6.45, 7) is 4.28. The van der Waals surface area contributed by atoms with Crippen molar-refractivity contribution in [2.75, 3.05) is 0 Å².